The van der Waals surface area contributed by atoms with Crippen LogP contribution in [0.1, 0.15) is 38.3 Å². The molecule has 0 radical (unpaired) electrons. The van der Waals surface area contributed by atoms with E-state index in [1.165, 1.54) is 22.3 Å². The quantitative estimate of drug-likeness (QED) is 0.630. The molecular formula is C16H20. The van der Waals surface area contributed by atoms with Crippen molar-refractivity contribution in [1.82, 2.24) is 0 Å². The summed E-state index contributed by atoms with van der Waals surface area (Å²) in [7, 11) is 0. The maximum Gasteiger partial charge on any atom is -0.0134 e. The molecule has 0 saturated carbocycles. The number of hydrogen-bond acceptors (Lipinski definition) is 0. The van der Waals surface area contributed by atoms with Gasteiger partial charge in [0.1, 0.15) is 0 Å². The van der Waals surface area contributed by atoms with Crippen molar-refractivity contribution in [2.24, 2.45) is 5.41 Å². The summed E-state index contributed by atoms with van der Waals surface area (Å²) in [6.45, 7) is 8.99. The Bertz CT molecular complexity index is 459. The molecule has 84 valence electrons. The molecule has 0 heteroatoms. The van der Waals surface area contributed by atoms with Crippen LogP contribution in [-0.4, -0.2) is 0 Å². The summed E-state index contributed by atoms with van der Waals surface area (Å²) < 4.78 is 0. The molecule has 0 aliphatic heterocycles. The third-order valence-electron chi connectivity index (χ3n) is 3.30. The Morgan fingerprint density at radius 1 is 1.06 bits per heavy atom. The van der Waals surface area contributed by atoms with Gasteiger partial charge in [0.15, 0.2) is 0 Å². The van der Waals surface area contributed by atoms with Crippen LogP contribution >= 0.6 is 0 Å². The average Bonchev–Trinajstić information content (AvgIpc) is 2.18. The summed E-state index contributed by atoms with van der Waals surface area (Å²) in [5, 5.41) is 0. The van der Waals surface area contributed by atoms with E-state index in [0.717, 1.165) is 6.42 Å². The van der Waals surface area contributed by atoms with Crippen LogP contribution in [0.3, 0.4) is 0 Å². The first-order valence-electron chi connectivity index (χ1n) is 5.96. The van der Waals surface area contributed by atoms with Crippen molar-refractivity contribution in [3.63, 3.8) is 0 Å². The van der Waals surface area contributed by atoms with Gasteiger partial charge < -0.3 is 0 Å². The summed E-state index contributed by atoms with van der Waals surface area (Å²) in [4.78, 5) is 0. The second kappa shape index (κ2) is 3.93. The highest BCUT2D eigenvalue weighted by atomic mass is 14.2. The summed E-state index contributed by atoms with van der Waals surface area (Å²) in [5.41, 5.74) is 5.88. The lowest BCUT2D eigenvalue weighted by Crippen LogP contribution is -2.11. The lowest BCUT2D eigenvalue weighted by atomic mass is 9.78. The Kier molecular flexibility index (Phi) is 2.75. The van der Waals surface area contributed by atoms with Crippen molar-refractivity contribution in [2.75, 3.05) is 0 Å². The summed E-state index contributed by atoms with van der Waals surface area (Å²) in [5.74, 6) is 0. The van der Waals surface area contributed by atoms with Gasteiger partial charge in [0, 0.05) is 0 Å². The number of benzene rings is 1. The molecule has 0 atom stereocenters. The molecule has 0 amide bonds. The Labute approximate surface area is 98.7 Å². The molecule has 0 unspecified atom stereocenters. The van der Waals surface area contributed by atoms with Gasteiger partial charge in [0.2, 0.25) is 0 Å². The topological polar surface area (TPSA) is 0 Å². The number of aryl methyl sites for hydroxylation is 1. The van der Waals surface area contributed by atoms with E-state index in [2.05, 4.69) is 64.1 Å². The molecule has 1 aromatic carbocycles. The summed E-state index contributed by atoms with van der Waals surface area (Å²) in [6.07, 6.45) is 5.92. The highest BCUT2D eigenvalue weighted by Gasteiger charge is 2.20. The van der Waals surface area contributed by atoms with Crippen molar-refractivity contribution < 1.29 is 0 Å². The minimum Gasteiger partial charge on any atom is -0.0756 e. The fraction of sp³-hybridized carbons (Fsp3) is 0.375. The van der Waals surface area contributed by atoms with Gasteiger partial charge in [-0.1, -0.05) is 50.3 Å². The van der Waals surface area contributed by atoms with Crippen molar-refractivity contribution in [1.29, 1.82) is 0 Å². The zero-order valence-corrected chi connectivity index (χ0v) is 10.7. The van der Waals surface area contributed by atoms with Gasteiger partial charge in [-0.05, 0) is 48.0 Å². The first-order valence-corrected chi connectivity index (χ1v) is 5.96. The molecule has 1 aliphatic rings. The molecule has 2 rings (SSSR count). The van der Waals surface area contributed by atoms with Gasteiger partial charge in [-0.15, -0.1) is 0 Å². The lowest BCUT2D eigenvalue weighted by molar-refractivity contribution is 0.482. The average molecular weight is 212 g/mol. The third kappa shape index (κ3) is 2.11. The van der Waals surface area contributed by atoms with Crippen LogP contribution in [0, 0.1) is 12.3 Å². The van der Waals surface area contributed by atoms with Crippen LogP contribution in [0.4, 0.5) is 0 Å². The SMILES string of the molecule is CC1=CC(C)(C)CC=C1c1ccccc1C. The van der Waals surface area contributed by atoms with Crippen LogP contribution in [0.25, 0.3) is 5.57 Å². The summed E-state index contributed by atoms with van der Waals surface area (Å²) in [6, 6.07) is 8.63. The first kappa shape index (κ1) is 11.2. The zero-order valence-electron chi connectivity index (χ0n) is 10.7. The molecule has 0 bridgehead atoms. The number of allylic oxidation sites excluding steroid dienone is 4. The standard InChI is InChI=1S/C16H20/c1-12-7-5-6-8-14(12)15-9-10-16(3,4)11-13(15)2/h5-9,11H,10H2,1-4H3. The molecule has 0 heterocycles. The van der Waals surface area contributed by atoms with E-state index in [1.54, 1.807) is 0 Å². The second-order valence-electron chi connectivity index (χ2n) is 5.45. The van der Waals surface area contributed by atoms with E-state index in [-0.39, 0.29) is 0 Å². The molecule has 1 aromatic rings. The third-order valence-corrected chi connectivity index (χ3v) is 3.30. The maximum atomic E-state index is 2.40. The van der Waals surface area contributed by atoms with Gasteiger partial charge in [0.05, 0.1) is 0 Å². The molecule has 0 nitrogen and oxygen atoms in total. The Morgan fingerprint density at radius 2 is 1.75 bits per heavy atom. The molecule has 16 heavy (non-hydrogen) atoms. The summed E-state index contributed by atoms with van der Waals surface area (Å²) >= 11 is 0. The predicted molar refractivity (Wildman–Crippen MR) is 71.3 cm³/mol. The Balaban J connectivity index is 2.42. The van der Waals surface area contributed by atoms with Crippen molar-refractivity contribution >= 4 is 5.57 Å². The van der Waals surface area contributed by atoms with Gasteiger partial charge in [-0.25, -0.2) is 0 Å². The highest BCUT2D eigenvalue weighted by molar-refractivity contribution is 5.81. The van der Waals surface area contributed by atoms with E-state index in [1.807, 2.05) is 0 Å². The minimum atomic E-state index is 0.316. The lowest BCUT2D eigenvalue weighted by Gasteiger charge is -2.26. The minimum absolute atomic E-state index is 0.316. The van der Waals surface area contributed by atoms with E-state index in [0.29, 0.717) is 5.41 Å². The molecule has 1 aliphatic carbocycles. The van der Waals surface area contributed by atoms with Gasteiger partial charge >= 0.3 is 0 Å². The molecule has 0 aromatic heterocycles. The van der Waals surface area contributed by atoms with Crippen LogP contribution in [0.5, 0.6) is 0 Å². The zero-order chi connectivity index (χ0) is 11.8. The maximum absolute atomic E-state index is 2.40. The van der Waals surface area contributed by atoms with E-state index >= 15 is 0 Å². The van der Waals surface area contributed by atoms with Crippen LogP contribution in [0.15, 0.2) is 42.0 Å². The largest absolute Gasteiger partial charge is 0.0756 e. The molecule has 0 fully saturated rings. The Morgan fingerprint density at radius 3 is 2.38 bits per heavy atom. The second-order valence-corrected chi connectivity index (χ2v) is 5.45. The van der Waals surface area contributed by atoms with Crippen molar-refractivity contribution in [2.45, 2.75) is 34.1 Å². The van der Waals surface area contributed by atoms with E-state index in [4.69, 9.17) is 0 Å². The van der Waals surface area contributed by atoms with Gasteiger partial charge in [-0.3, -0.25) is 0 Å². The fourth-order valence-electron chi connectivity index (χ4n) is 2.45. The molecular weight excluding hydrogens is 192 g/mol. The van der Waals surface area contributed by atoms with Crippen LogP contribution in [-0.2, 0) is 0 Å². The number of hydrogen-bond donors (Lipinski definition) is 0. The van der Waals surface area contributed by atoms with Crippen molar-refractivity contribution in [3.8, 4) is 0 Å². The monoisotopic (exact) mass is 212 g/mol. The first-order chi connectivity index (χ1) is 7.49. The van der Waals surface area contributed by atoms with Crippen LogP contribution in [0.2, 0.25) is 0 Å². The highest BCUT2D eigenvalue weighted by Crippen LogP contribution is 2.37. The van der Waals surface area contributed by atoms with Crippen LogP contribution < -0.4 is 0 Å². The number of rotatable bonds is 1. The smallest absolute Gasteiger partial charge is 0.0134 e. The van der Waals surface area contributed by atoms with Crippen molar-refractivity contribution in [3.05, 3.63) is 53.1 Å². The fourth-order valence-corrected chi connectivity index (χ4v) is 2.45. The molecule has 0 spiro atoms. The molecule has 0 N–H and O–H groups in total. The van der Waals surface area contributed by atoms with Gasteiger partial charge in [-0.2, -0.15) is 0 Å². The van der Waals surface area contributed by atoms with Gasteiger partial charge in [0.25, 0.3) is 0 Å². The molecule has 0 saturated heterocycles. The van der Waals surface area contributed by atoms with E-state index in [9.17, 15) is 0 Å². The normalized spacial score (nSPS) is 19.0. The predicted octanol–water partition coefficient (Wildman–Crippen LogP) is 4.75. The Hall–Kier alpha value is -1.30. The van der Waals surface area contributed by atoms with E-state index < -0.39 is 0 Å².